The van der Waals surface area contributed by atoms with Crippen LogP contribution >= 0.6 is 12.2 Å². The number of thiocarbonyl (C=S) groups is 1. The Balaban J connectivity index is 1.35. The van der Waals surface area contributed by atoms with Crippen molar-refractivity contribution in [1.82, 2.24) is 14.8 Å². The Morgan fingerprint density at radius 2 is 1.68 bits per heavy atom. The van der Waals surface area contributed by atoms with Gasteiger partial charge in [-0.3, -0.25) is 9.88 Å². The molecule has 0 N–H and O–H groups in total. The maximum Gasteiger partial charge on any atom is 0.109 e. The first-order valence-electron chi connectivity index (χ1n) is 11.4. The van der Waals surface area contributed by atoms with Gasteiger partial charge in [-0.2, -0.15) is 0 Å². The number of benzene rings is 2. The summed E-state index contributed by atoms with van der Waals surface area (Å²) in [6, 6.07) is 24.8. The van der Waals surface area contributed by atoms with Crippen LogP contribution in [0.4, 0.5) is 0 Å². The SMILES string of the molecule is S=C(c1cccc(-c2ccccc2)c1)N1CC(c2cccnc2)C2C1C1CCN2CC1. The molecule has 0 saturated carbocycles. The van der Waals surface area contributed by atoms with E-state index in [9.17, 15) is 0 Å². The van der Waals surface area contributed by atoms with Gasteiger partial charge in [-0.1, -0.05) is 66.8 Å². The van der Waals surface area contributed by atoms with Gasteiger partial charge in [-0.25, -0.2) is 0 Å². The first-order chi connectivity index (χ1) is 15.3. The molecule has 31 heavy (non-hydrogen) atoms. The number of rotatable bonds is 3. The highest BCUT2D eigenvalue weighted by Gasteiger charge is 2.54. The molecule has 4 aliphatic heterocycles. The van der Waals surface area contributed by atoms with E-state index < -0.39 is 0 Å². The summed E-state index contributed by atoms with van der Waals surface area (Å²) in [5.41, 5.74) is 4.99. The Morgan fingerprint density at radius 1 is 0.871 bits per heavy atom. The molecule has 2 bridgehead atoms. The highest BCUT2D eigenvalue weighted by atomic mass is 32.1. The molecule has 2 aromatic carbocycles. The summed E-state index contributed by atoms with van der Waals surface area (Å²) in [6.45, 7) is 3.45. The minimum atomic E-state index is 0.469. The van der Waals surface area contributed by atoms with Crippen molar-refractivity contribution in [2.45, 2.75) is 30.8 Å². The Bertz CT molecular complexity index is 1080. The van der Waals surface area contributed by atoms with Crippen LogP contribution in [0.5, 0.6) is 0 Å². The van der Waals surface area contributed by atoms with Crippen LogP contribution in [0, 0.1) is 5.92 Å². The number of pyridine rings is 1. The Morgan fingerprint density at radius 3 is 2.45 bits per heavy atom. The second-order valence-corrected chi connectivity index (χ2v) is 9.54. The molecule has 0 spiro atoms. The molecular weight excluding hydrogens is 398 g/mol. The minimum Gasteiger partial charge on any atom is -0.357 e. The number of nitrogens with zero attached hydrogens (tertiary/aromatic N) is 3. The molecule has 4 heteroatoms. The number of hydrogen-bond donors (Lipinski definition) is 0. The predicted octanol–water partition coefficient (Wildman–Crippen LogP) is 4.99. The Hall–Kier alpha value is -2.56. The molecule has 1 aromatic heterocycles. The van der Waals surface area contributed by atoms with E-state index in [2.05, 4.69) is 87.7 Å². The summed E-state index contributed by atoms with van der Waals surface area (Å²) in [6.07, 6.45) is 6.53. The standard InChI is InChI=1S/C27H27N3S/c31-27(22-9-4-8-21(16-22)19-6-2-1-3-7-19)30-18-24(23-10-5-13-28-17-23)26-25(30)20-11-14-29(26)15-12-20/h1-10,13,16-17,20,24-26H,11-12,14-15,18H2. The number of hydrogen-bond acceptors (Lipinski definition) is 3. The molecule has 5 heterocycles. The first kappa shape index (κ1) is 19.1. The summed E-state index contributed by atoms with van der Waals surface area (Å²) in [7, 11) is 0. The quantitative estimate of drug-likeness (QED) is 0.551. The molecule has 4 saturated heterocycles. The first-order valence-corrected chi connectivity index (χ1v) is 11.8. The summed E-state index contributed by atoms with van der Waals surface area (Å²) >= 11 is 6.17. The van der Waals surface area contributed by atoms with Crippen molar-refractivity contribution in [2.24, 2.45) is 5.92 Å². The van der Waals surface area contributed by atoms with E-state index in [1.54, 1.807) is 0 Å². The fourth-order valence-electron chi connectivity index (χ4n) is 6.17. The zero-order valence-corrected chi connectivity index (χ0v) is 18.4. The maximum absolute atomic E-state index is 6.17. The Labute approximate surface area is 189 Å². The molecule has 3 nitrogen and oxygen atoms in total. The van der Waals surface area contributed by atoms with Gasteiger partial charge < -0.3 is 4.90 Å². The van der Waals surface area contributed by atoms with E-state index in [0.717, 1.165) is 17.5 Å². The summed E-state index contributed by atoms with van der Waals surface area (Å²) in [5.74, 6) is 1.21. The lowest BCUT2D eigenvalue weighted by Crippen LogP contribution is -2.60. The number of fused-ring (bicyclic) bond motifs is 2. The molecule has 3 atom stereocenters. The van der Waals surface area contributed by atoms with Gasteiger partial charge in [-0.15, -0.1) is 0 Å². The minimum absolute atomic E-state index is 0.469. The average molecular weight is 426 g/mol. The van der Waals surface area contributed by atoms with Gasteiger partial charge in [0.25, 0.3) is 0 Å². The van der Waals surface area contributed by atoms with Crippen molar-refractivity contribution in [1.29, 1.82) is 0 Å². The second kappa shape index (κ2) is 7.85. The van der Waals surface area contributed by atoms with Crippen LogP contribution in [0.25, 0.3) is 11.1 Å². The fraction of sp³-hybridized carbons (Fsp3) is 0.333. The van der Waals surface area contributed by atoms with Gasteiger partial charge in [0.15, 0.2) is 0 Å². The number of aromatic nitrogens is 1. The second-order valence-electron chi connectivity index (χ2n) is 9.15. The normalized spacial score (nSPS) is 29.0. The number of likely N-dealkylation sites (tertiary alicyclic amines) is 1. The molecule has 156 valence electrons. The van der Waals surface area contributed by atoms with Gasteiger partial charge in [0, 0.05) is 42.5 Å². The highest BCUT2D eigenvalue weighted by molar-refractivity contribution is 7.80. The van der Waals surface area contributed by atoms with Gasteiger partial charge in [-0.05, 0) is 60.7 Å². The van der Waals surface area contributed by atoms with Crippen LogP contribution in [-0.2, 0) is 0 Å². The van der Waals surface area contributed by atoms with Crippen LogP contribution in [0.15, 0.2) is 79.1 Å². The third-order valence-corrected chi connectivity index (χ3v) is 8.05. The van der Waals surface area contributed by atoms with Gasteiger partial charge >= 0.3 is 0 Å². The lowest BCUT2D eigenvalue weighted by Gasteiger charge is -2.51. The topological polar surface area (TPSA) is 19.4 Å². The molecular formula is C27H27N3S. The zero-order chi connectivity index (χ0) is 20.8. The molecule has 3 aromatic rings. The van der Waals surface area contributed by atoms with Crippen molar-refractivity contribution < 1.29 is 0 Å². The summed E-state index contributed by atoms with van der Waals surface area (Å²) in [5, 5.41) is 0. The van der Waals surface area contributed by atoms with Crippen molar-refractivity contribution in [2.75, 3.05) is 19.6 Å². The fourth-order valence-corrected chi connectivity index (χ4v) is 6.49. The summed E-state index contributed by atoms with van der Waals surface area (Å²) < 4.78 is 0. The van der Waals surface area contributed by atoms with Gasteiger partial charge in [0.1, 0.15) is 4.99 Å². The Kier molecular flexibility index (Phi) is 4.85. The average Bonchev–Trinajstić information content (AvgIpc) is 3.28. The smallest absolute Gasteiger partial charge is 0.109 e. The monoisotopic (exact) mass is 425 g/mol. The van der Waals surface area contributed by atoms with E-state index in [1.165, 1.54) is 48.2 Å². The third-order valence-electron chi connectivity index (χ3n) is 7.58. The number of piperidine rings is 3. The molecule has 0 amide bonds. The van der Waals surface area contributed by atoms with Crippen LogP contribution in [0.3, 0.4) is 0 Å². The van der Waals surface area contributed by atoms with Gasteiger partial charge in [0.2, 0.25) is 0 Å². The zero-order valence-electron chi connectivity index (χ0n) is 17.6. The molecule has 7 rings (SSSR count). The van der Waals surface area contributed by atoms with Crippen molar-refractivity contribution >= 4 is 17.2 Å². The van der Waals surface area contributed by atoms with Crippen LogP contribution in [0.2, 0.25) is 0 Å². The van der Waals surface area contributed by atoms with E-state index in [-0.39, 0.29) is 0 Å². The van der Waals surface area contributed by atoms with E-state index in [1.807, 2.05) is 6.20 Å². The van der Waals surface area contributed by atoms with Crippen LogP contribution in [0.1, 0.15) is 29.9 Å². The molecule has 0 radical (unpaired) electrons. The van der Waals surface area contributed by atoms with Crippen LogP contribution in [-0.4, -0.2) is 51.5 Å². The highest BCUT2D eigenvalue weighted by Crippen LogP contribution is 2.47. The maximum atomic E-state index is 6.17. The molecule has 4 aliphatic rings. The van der Waals surface area contributed by atoms with Gasteiger partial charge in [0.05, 0.1) is 0 Å². The third kappa shape index (κ3) is 3.29. The lowest BCUT2D eigenvalue weighted by molar-refractivity contribution is 0.0101. The van der Waals surface area contributed by atoms with Crippen LogP contribution < -0.4 is 0 Å². The van der Waals surface area contributed by atoms with E-state index in [4.69, 9.17) is 12.2 Å². The van der Waals surface area contributed by atoms with Crippen molar-refractivity contribution in [3.8, 4) is 11.1 Å². The predicted molar refractivity (Wildman–Crippen MR) is 129 cm³/mol. The van der Waals surface area contributed by atoms with Crippen molar-refractivity contribution in [3.05, 3.63) is 90.3 Å². The largest absolute Gasteiger partial charge is 0.357 e. The lowest BCUT2D eigenvalue weighted by atomic mass is 9.75. The molecule has 3 unspecified atom stereocenters. The van der Waals surface area contributed by atoms with E-state index >= 15 is 0 Å². The molecule has 4 fully saturated rings. The summed E-state index contributed by atoms with van der Waals surface area (Å²) in [4.78, 5) is 10.7. The molecule has 0 aliphatic carbocycles. The van der Waals surface area contributed by atoms with E-state index in [0.29, 0.717) is 18.0 Å². The van der Waals surface area contributed by atoms with Crippen molar-refractivity contribution in [3.63, 3.8) is 0 Å².